The lowest BCUT2D eigenvalue weighted by atomic mass is 10.0. The van der Waals surface area contributed by atoms with Crippen LogP contribution in [-0.4, -0.2) is 19.6 Å². The number of fused-ring (bicyclic) bond motifs is 1. The van der Waals surface area contributed by atoms with E-state index >= 15 is 0 Å². The minimum Gasteiger partial charge on any atom is -0.362 e. The normalized spacial score (nSPS) is 12.9. The number of aryl methyl sites for hydroxylation is 1. The fraction of sp³-hybridized carbons (Fsp3) is 0.438. The van der Waals surface area contributed by atoms with Crippen molar-refractivity contribution in [3.63, 3.8) is 0 Å². The number of thiophene rings is 1. The number of hydrogen-bond acceptors (Lipinski definition) is 5. The molecule has 0 aliphatic heterocycles. The molecule has 22 heavy (non-hydrogen) atoms. The predicted molar refractivity (Wildman–Crippen MR) is 90.3 cm³/mol. The smallest absolute Gasteiger partial charge is 0.254 e. The molecule has 0 aromatic carbocycles. The Morgan fingerprint density at radius 1 is 1.36 bits per heavy atom. The summed E-state index contributed by atoms with van der Waals surface area (Å²) < 4.78 is 1.78. The van der Waals surface area contributed by atoms with Crippen molar-refractivity contribution in [3.05, 3.63) is 40.5 Å². The Hall–Kier alpha value is -1.95. The molecule has 1 N–H and O–H groups in total. The van der Waals surface area contributed by atoms with Gasteiger partial charge in [-0.25, -0.2) is 4.98 Å². The second-order valence-corrected chi connectivity index (χ2v) is 6.78. The summed E-state index contributed by atoms with van der Waals surface area (Å²) in [5.41, 5.74) is 1.03. The highest BCUT2D eigenvalue weighted by Crippen LogP contribution is 2.29. The van der Waals surface area contributed by atoms with Gasteiger partial charge in [0.05, 0.1) is 6.04 Å². The largest absolute Gasteiger partial charge is 0.362 e. The molecule has 0 saturated heterocycles. The van der Waals surface area contributed by atoms with Gasteiger partial charge in [0.2, 0.25) is 0 Å². The van der Waals surface area contributed by atoms with Crippen molar-refractivity contribution in [2.24, 2.45) is 5.92 Å². The quantitative estimate of drug-likeness (QED) is 0.748. The molecular weight excluding hydrogens is 294 g/mol. The summed E-state index contributed by atoms with van der Waals surface area (Å²) in [5, 5.41) is 10.1. The first-order chi connectivity index (χ1) is 10.7. The van der Waals surface area contributed by atoms with Crippen molar-refractivity contribution < 1.29 is 0 Å². The molecule has 0 fully saturated rings. The van der Waals surface area contributed by atoms with Gasteiger partial charge in [-0.3, -0.25) is 0 Å². The van der Waals surface area contributed by atoms with Crippen molar-refractivity contribution in [1.82, 2.24) is 19.6 Å². The van der Waals surface area contributed by atoms with E-state index in [9.17, 15) is 0 Å². The lowest BCUT2D eigenvalue weighted by Crippen LogP contribution is -2.15. The summed E-state index contributed by atoms with van der Waals surface area (Å²) in [5.74, 6) is 2.22. The third-order valence-corrected chi connectivity index (χ3v) is 4.57. The van der Waals surface area contributed by atoms with Gasteiger partial charge in [-0.1, -0.05) is 26.8 Å². The number of rotatable bonds is 6. The van der Waals surface area contributed by atoms with Gasteiger partial charge in [0.25, 0.3) is 5.78 Å². The minimum absolute atomic E-state index is 0.277. The molecule has 6 heteroatoms. The second-order valence-electron chi connectivity index (χ2n) is 5.80. The van der Waals surface area contributed by atoms with E-state index in [1.54, 1.807) is 22.2 Å². The molecule has 0 spiro atoms. The highest BCUT2D eigenvalue weighted by molar-refractivity contribution is 7.10. The third kappa shape index (κ3) is 3.11. The van der Waals surface area contributed by atoms with Crippen LogP contribution in [0.2, 0.25) is 0 Å². The number of nitrogens with zero attached hydrogens (tertiary/aromatic N) is 4. The molecule has 3 heterocycles. The average molecular weight is 315 g/mol. The Labute approximate surface area is 134 Å². The molecule has 3 aromatic rings. The zero-order valence-corrected chi connectivity index (χ0v) is 14.0. The monoisotopic (exact) mass is 315 g/mol. The Bertz CT molecular complexity index is 732. The second kappa shape index (κ2) is 6.44. The standard InChI is InChI=1S/C16H21N5S/c1-4-12-9-15(21-16(19-12)17-10-18-21)20-13(8-11(2)3)14-6-5-7-22-14/h5-7,9-11,13,20H,4,8H2,1-3H3. The van der Waals surface area contributed by atoms with Crippen LogP contribution in [0.25, 0.3) is 5.78 Å². The molecule has 0 bridgehead atoms. The minimum atomic E-state index is 0.277. The summed E-state index contributed by atoms with van der Waals surface area (Å²) in [4.78, 5) is 10.1. The molecule has 0 aliphatic carbocycles. The molecule has 1 unspecified atom stereocenters. The Morgan fingerprint density at radius 2 is 2.23 bits per heavy atom. The maximum Gasteiger partial charge on any atom is 0.254 e. The third-order valence-electron chi connectivity index (χ3n) is 3.58. The van der Waals surface area contributed by atoms with Crippen LogP contribution >= 0.6 is 11.3 Å². The van der Waals surface area contributed by atoms with E-state index in [2.05, 4.69) is 64.7 Å². The van der Waals surface area contributed by atoms with Crippen LogP contribution in [0.15, 0.2) is 29.9 Å². The van der Waals surface area contributed by atoms with Crippen molar-refractivity contribution in [3.8, 4) is 0 Å². The summed E-state index contributed by atoms with van der Waals surface area (Å²) in [6, 6.07) is 6.64. The molecule has 1 atom stereocenters. The molecule has 0 radical (unpaired) electrons. The van der Waals surface area contributed by atoms with Gasteiger partial charge in [0, 0.05) is 16.6 Å². The summed E-state index contributed by atoms with van der Waals surface area (Å²) in [7, 11) is 0. The SMILES string of the molecule is CCc1cc(NC(CC(C)C)c2cccs2)n2ncnc2n1. The summed E-state index contributed by atoms with van der Waals surface area (Å²) in [6.45, 7) is 6.60. The lowest BCUT2D eigenvalue weighted by molar-refractivity contribution is 0.533. The van der Waals surface area contributed by atoms with Gasteiger partial charge in [-0.15, -0.1) is 11.3 Å². The zero-order valence-electron chi connectivity index (χ0n) is 13.2. The average Bonchev–Trinajstić information content (AvgIpc) is 3.17. The first-order valence-corrected chi connectivity index (χ1v) is 8.55. The number of aromatic nitrogens is 4. The van der Waals surface area contributed by atoms with Crippen LogP contribution in [-0.2, 0) is 6.42 Å². The maximum atomic E-state index is 4.50. The molecule has 0 amide bonds. The predicted octanol–water partition coefficient (Wildman–Crippen LogP) is 3.95. The van der Waals surface area contributed by atoms with E-state index < -0.39 is 0 Å². The van der Waals surface area contributed by atoms with Gasteiger partial charge in [-0.05, 0) is 30.2 Å². The van der Waals surface area contributed by atoms with E-state index in [1.807, 2.05) is 0 Å². The van der Waals surface area contributed by atoms with Gasteiger partial charge >= 0.3 is 0 Å². The van der Waals surface area contributed by atoms with Crippen LogP contribution in [0, 0.1) is 5.92 Å². The fourth-order valence-corrected chi connectivity index (χ4v) is 3.32. The van der Waals surface area contributed by atoms with Crippen LogP contribution in [0.3, 0.4) is 0 Å². The van der Waals surface area contributed by atoms with Crippen LogP contribution in [0.5, 0.6) is 0 Å². The molecule has 0 saturated carbocycles. The van der Waals surface area contributed by atoms with Gasteiger partial charge < -0.3 is 5.32 Å². The Morgan fingerprint density at radius 3 is 2.91 bits per heavy atom. The maximum absolute atomic E-state index is 4.50. The van der Waals surface area contributed by atoms with Gasteiger partial charge in [0.15, 0.2) is 0 Å². The topological polar surface area (TPSA) is 55.1 Å². The van der Waals surface area contributed by atoms with Crippen molar-refractivity contribution >= 4 is 22.9 Å². The summed E-state index contributed by atoms with van der Waals surface area (Å²) >= 11 is 1.79. The number of hydrogen-bond donors (Lipinski definition) is 1. The molecule has 0 aliphatic rings. The molecule has 3 aromatic heterocycles. The van der Waals surface area contributed by atoms with Crippen molar-refractivity contribution in [2.45, 2.75) is 39.7 Å². The Kier molecular flexibility index (Phi) is 4.38. The fourth-order valence-electron chi connectivity index (χ4n) is 2.53. The molecule has 3 rings (SSSR count). The molecule has 116 valence electrons. The summed E-state index contributed by atoms with van der Waals surface area (Å²) in [6.07, 6.45) is 3.50. The molecular formula is C16H21N5S. The molecule has 5 nitrogen and oxygen atoms in total. The number of nitrogens with one attached hydrogen (secondary N) is 1. The van der Waals surface area contributed by atoms with Crippen LogP contribution in [0.1, 0.15) is 43.8 Å². The number of anilines is 1. The zero-order chi connectivity index (χ0) is 15.5. The van der Waals surface area contributed by atoms with Crippen LogP contribution < -0.4 is 5.32 Å². The van der Waals surface area contributed by atoms with Gasteiger partial charge in [0.1, 0.15) is 12.1 Å². The van der Waals surface area contributed by atoms with Crippen molar-refractivity contribution in [1.29, 1.82) is 0 Å². The lowest BCUT2D eigenvalue weighted by Gasteiger charge is -2.21. The first-order valence-electron chi connectivity index (χ1n) is 7.67. The van der Waals surface area contributed by atoms with E-state index in [0.29, 0.717) is 11.7 Å². The van der Waals surface area contributed by atoms with E-state index in [4.69, 9.17) is 0 Å². The van der Waals surface area contributed by atoms with Crippen LogP contribution in [0.4, 0.5) is 5.82 Å². The first kappa shape index (κ1) is 15.0. The highest BCUT2D eigenvalue weighted by atomic mass is 32.1. The van der Waals surface area contributed by atoms with Gasteiger partial charge in [-0.2, -0.15) is 14.6 Å². The Balaban J connectivity index is 1.96. The van der Waals surface area contributed by atoms with E-state index in [0.717, 1.165) is 24.4 Å². The van der Waals surface area contributed by atoms with Crippen molar-refractivity contribution in [2.75, 3.05) is 5.32 Å². The van der Waals surface area contributed by atoms with E-state index in [1.165, 1.54) is 4.88 Å². The highest BCUT2D eigenvalue weighted by Gasteiger charge is 2.17. The van der Waals surface area contributed by atoms with E-state index in [-0.39, 0.29) is 6.04 Å².